The van der Waals surface area contributed by atoms with Gasteiger partial charge in [-0.3, -0.25) is 0 Å². The molecule has 0 saturated carbocycles. The van der Waals surface area contributed by atoms with Crippen molar-refractivity contribution in [2.24, 2.45) is 0 Å². The molecule has 0 bridgehead atoms. The second-order valence-electron chi connectivity index (χ2n) is 2.47. The highest BCUT2D eigenvalue weighted by atomic mass is 28.4. The average Bonchev–Trinajstić information content (AvgIpc) is 2.17. The molecule has 13 heavy (non-hydrogen) atoms. The Kier molecular flexibility index (Phi) is 5.61. The molecule has 0 spiro atoms. The van der Waals surface area contributed by atoms with Crippen LogP contribution in [-0.2, 0) is 18.1 Å². The fourth-order valence-electron chi connectivity index (χ4n) is 0.923. The Bertz CT molecular complexity index is 177. The van der Waals surface area contributed by atoms with Crippen LogP contribution < -0.4 is 0 Å². The average molecular weight is 204 g/mol. The van der Waals surface area contributed by atoms with Gasteiger partial charge >= 0.3 is 14.8 Å². The highest BCUT2D eigenvalue weighted by Gasteiger charge is 2.41. The van der Waals surface area contributed by atoms with Gasteiger partial charge in [0.1, 0.15) is 0 Å². The molecule has 0 atom stereocenters. The van der Waals surface area contributed by atoms with Crippen molar-refractivity contribution >= 4 is 14.8 Å². The number of rotatable bonds is 6. The van der Waals surface area contributed by atoms with E-state index in [-0.39, 0.29) is 0 Å². The van der Waals surface area contributed by atoms with Crippen LogP contribution in [0.5, 0.6) is 0 Å². The third-order valence-corrected chi connectivity index (χ3v) is 4.47. The van der Waals surface area contributed by atoms with E-state index in [0.29, 0.717) is 6.04 Å². The first-order valence-electron chi connectivity index (χ1n) is 4.09. The highest BCUT2D eigenvalue weighted by Crippen LogP contribution is 2.15. The van der Waals surface area contributed by atoms with Gasteiger partial charge in [-0.15, -0.1) is 0 Å². The fraction of sp³-hybridized carbons (Fsp3) is 0.625. The third kappa shape index (κ3) is 3.71. The third-order valence-electron chi connectivity index (χ3n) is 1.60. The molecule has 0 aliphatic carbocycles. The van der Waals surface area contributed by atoms with Crippen LogP contribution in [0.25, 0.3) is 0 Å². The number of carbonyl (C=O) groups excluding carboxylic acids is 1. The quantitative estimate of drug-likeness (QED) is 0.484. The van der Waals surface area contributed by atoms with Gasteiger partial charge in [0, 0.05) is 26.3 Å². The lowest BCUT2D eigenvalue weighted by atomic mass is 10.6. The van der Waals surface area contributed by atoms with E-state index in [0.717, 1.165) is 12.5 Å². The molecule has 0 amide bonds. The molecule has 76 valence electrons. The molecule has 0 aromatic carbocycles. The fourth-order valence-corrected chi connectivity index (χ4v) is 2.77. The lowest BCUT2D eigenvalue weighted by Crippen LogP contribution is -2.45. The lowest BCUT2D eigenvalue weighted by molar-refractivity contribution is -0.133. The summed E-state index contributed by atoms with van der Waals surface area (Å²) in [4.78, 5) is 11.0. The predicted octanol–water partition coefficient (Wildman–Crippen LogP) is 1.36. The maximum absolute atomic E-state index is 11.0. The summed E-state index contributed by atoms with van der Waals surface area (Å²) >= 11 is 0. The van der Waals surface area contributed by atoms with Crippen molar-refractivity contribution in [1.82, 2.24) is 0 Å². The summed E-state index contributed by atoms with van der Waals surface area (Å²) in [5.74, 6) is -0.496. The molecule has 0 aliphatic rings. The van der Waals surface area contributed by atoms with Gasteiger partial charge in [-0.25, -0.2) is 4.79 Å². The van der Waals surface area contributed by atoms with Crippen LogP contribution in [0.2, 0.25) is 6.04 Å². The molecule has 0 aromatic rings. The van der Waals surface area contributed by atoms with E-state index >= 15 is 0 Å². The molecular formula is C8H16O4Si. The Morgan fingerprint density at radius 3 is 2.31 bits per heavy atom. The monoisotopic (exact) mass is 204 g/mol. The number of hydrogen-bond donors (Lipinski definition) is 0. The van der Waals surface area contributed by atoms with Crippen molar-refractivity contribution in [3.8, 4) is 0 Å². The van der Waals surface area contributed by atoms with E-state index in [1.54, 1.807) is 0 Å². The summed E-state index contributed by atoms with van der Waals surface area (Å²) in [5.41, 5.74) is 0. The lowest BCUT2D eigenvalue weighted by Gasteiger charge is -2.24. The molecule has 5 heteroatoms. The minimum absolute atomic E-state index is 0.496. The van der Waals surface area contributed by atoms with Crippen molar-refractivity contribution in [2.75, 3.05) is 14.2 Å². The molecule has 0 heterocycles. The Labute approximate surface area is 79.9 Å². The zero-order valence-corrected chi connectivity index (χ0v) is 9.33. The molecule has 4 nitrogen and oxygen atoms in total. The minimum atomic E-state index is -2.75. The summed E-state index contributed by atoms with van der Waals surface area (Å²) in [7, 11) is 0.227. The van der Waals surface area contributed by atoms with Crippen molar-refractivity contribution in [1.29, 1.82) is 0 Å². The van der Waals surface area contributed by atoms with Crippen LogP contribution in [0.3, 0.4) is 0 Å². The summed E-state index contributed by atoms with van der Waals surface area (Å²) in [6, 6.07) is 0.625. The Balaban J connectivity index is 4.36. The van der Waals surface area contributed by atoms with E-state index < -0.39 is 14.8 Å². The number of hydrogen-bond acceptors (Lipinski definition) is 4. The minimum Gasteiger partial charge on any atom is -0.470 e. The van der Waals surface area contributed by atoms with Crippen LogP contribution in [0.4, 0.5) is 0 Å². The van der Waals surface area contributed by atoms with Gasteiger partial charge in [0.05, 0.1) is 0 Å². The zero-order chi connectivity index (χ0) is 10.3. The van der Waals surface area contributed by atoms with Crippen molar-refractivity contribution in [3.63, 3.8) is 0 Å². The van der Waals surface area contributed by atoms with Crippen molar-refractivity contribution in [3.05, 3.63) is 12.7 Å². The Hall–Kier alpha value is -0.653. The van der Waals surface area contributed by atoms with Gasteiger partial charge < -0.3 is 13.3 Å². The maximum Gasteiger partial charge on any atom is 0.567 e. The molecule has 0 fully saturated rings. The highest BCUT2D eigenvalue weighted by molar-refractivity contribution is 6.62. The topological polar surface area (TPSA) is 44.8 Å². The van der Waals surface area contributed by atoms with Gasteiger partial charge in [-0.1, -0.05) is 19.9 Å². The van der Waals surface area contributed by atoms with E-state index in [1.807, 2.05) is 6.92 Å². The van der Waals surface area contributed by atoms with E-state index in [4.69, 9.17) is 13.3 Å². The van der Waals surface area contributed by atoms with Gasteiger partial charge in [0.15, 0.2) is 0 Å². The number of carbonyl (C=O) groups is 1. The van der Waals surface area contributed by atoms with Crippen LogP contribution in [0.15, 0.2) is 12.7 Å². The Morgan fingerprint density at radius 2 is 2.00 bits per heavy atom. The first-order chi connectivity index (χ1) is 6.14. The summed E-state index contributed by atoms with van der Waals surface area (Å²) in [6.45, 7) is 5.28. The van der Waals surface area contributed by atoms with Crippen molar-refractivity contribution in [2.45, 2.75) is 19.4 Å². The van der Waals surface area contributed by atoms with Crippen molar-refractivity contribution < 1.29 is 18.1 Å². The van der Waals surface area contributed by atoms with Gasteiger partial charge in [0.2, 0.25) is 0 Å². The SMILES string of the molecule is C=CC(=O)O[Si](CCC)(OC)OC. The summed E-state index contributed by atoms with van der Waals surface area (Å²) in [5, 5.41) is 0. The zero-order valence-electron chi connectivity index (χ0n) is 8.33. The molecule has 0 unspecified atom stereocenters. The van der Waals surface area contributed by atoms with E-state index in [1.165, 1.54) is 14.2 Å². The predicted molar refractivity (Wildman–Crippen MR) is 51.2 cm³/mol. The van der Waals surface area contributed by atoms with Crippen LogP contribution >= 0.6 is 0 Å². The first kappa shape index (κ1) is 12.3. The Morgan fingerprint density at radius 1 is 1.46 bits per heavy atom. The molecule has 0 rings (SSSR count). The second-order valence-corrected chi connectivity index (χ2v) is 5.35. The van der Waals surface area contributed by atoms with Crippen LogP contribution in [0, 0.1) is 0 Å². The molecule has 0 radical (unpaired) electrons. The van der Waals surface area contributed by atoms with Crippen LogP contribution in [0.1, 0.15) is 13.3 Å². The normalized spacial score (nSPS) is 11.0. The molecular weight excluding hydrogens is 188 g/mol. The summed E-state index contributed by atoms with van der Waals surface area (Å²) < 4.78 is 15.3. The van der Waals surface area contributed by atoms with Gasteiger partial charge in [-0.05, 0) is 0 Å². The van der Waals surface area contributed by atoms with Crippen LogP contribution in [-0.4, -0.2) is 29.0 Å². The standard InChI is InChI=1S/C8H16O4Si/c1-5-7-13(10-3,11-4)12-8(9)6-2/h6H,2,5,7H2,1,3-4H3. The van der Waals surface area contributed by atoms with Gasteiger partial charge in [0.25, 0.3) is 0 Å². The largest absolute Gasteiger partial charge is 0.567 e. The van der Waals surface area contributed by atoms with E-state index in [2.05, 4.69) is 6.58 Å². The smallest absolute Gasteiger partial charge is 0.470 e. The molecule has 0 aromatic heterocycles. The molecule has 0 saturated heterocycles. The summed E-state index contributed by atoms with van der Waals surface area (Å²) in [6.07, 6.45) is 1.95. The second kappa shape index (κ2) is 5.90. The molecule has 0 N–H and O–H groups in total. The van der Waals surface area contributed by atoms with E-state index in [9.17, 15) is 4.79 Å². The maximum atomic E-state index is 11.0. The van der Waals surface area contributed by atoms with Gasteiger partial charge in [-0.2, -0.15) is 0 Å². The first-order valence-corrected chi connectivity index (χ1v) is 6.03. The molecule has 0 aliphatic heterocycles.